The van der Waals surface area contributed by atoms with Gasteiger partial charge >= 0.3 is 0 Å². The van der Waals surface area contributed by atoms with E-state index in [4.69, 9.17) is 51.1 Å². The minimum atomic E-state index is -0.154. The number of hydrogen-bond acceptors (Lipinski definition) is 1. The van der Waals surface area contributed by atoms with Gasteiger partial charge < -0.3 is 4.74 Å². The molecule has 0 spiro atoms. The van der Waals surface area contributed by atoms with Crippen LogP contribution in [0.3, 0.4) is 0 Å². The summed E-state index contributed by atoms with van der Waals surface area (Å²) in [7, 11) is 0. The van der Waals surface area contributed by atoms with Gasteiger partial charge in [-0.25, -0.2) is 0 Å². The molecule has 1 saturated heterocycles. The maximum Gasteiger partial charge on any atom is 0.127 e. The lowest BCUT2D eigenvalue weighted by Crippen LogP contribution is -2.03. The molecule has 0 amide bonds. The van der Waals surface area contributed by atoms with E-state index in [0.29, 0.717) is 20.1 Å². The lowest BCUT2D eigenvalue weighted by Gasteiger charge is -2.06. The van der Waals surface area contributed by atoms with Crippen molar-refractivity contribution in [3.63, 3.8) is 0 Å². The number of ether oxygens (including phenoxy) is 1. The molecule has 0 aromatic carbocycles. The predicted octanol–water partition coefficient (Wildman–Crippen LogP) is 3.15. The van der Waals surface area contributed by atoms with Crippen molar-refractivity contribution in [1.29, 1.82) is 0 Å². The summed E-state index contributed by atoms with van der Waals surface area (Å²) in [5.41, 5.74) is 0. The molecule has 0 N–H and O–H groups in total. The summed E-state index contributed by atoms with van der Waals surface area (Å²) in [6.45, 7) is 0. The van der Waals surface area contributed by atoms with E-state index < -0.39 is 0 Å². The van der Waals surface area contributed by atoms with Gasteiger partial charge in [0.15, 0.2) is 0 Å². The first-order valence-electron chi connectivity index (χ1n) is 2.89. The highest BCUT2D eigenvalue weighted by Crippen LogP contribution is 2.49. The summed E-state index contributed by atoms with van der Waals surface area (Å²) in [5, 5.41) is 1.51. The summed E-state index contributed by atoms with van der Waals surface area (Å²) in [4.78, 5) is 0. The second-order valence-electron chi connectivity index (χ2n) is 2.30. The van der Waals surface area contributed by atoms with Crippen molar-refractivity contribution < 1.29 is 4.74 Å². The smallest absolute Gasteiger partial charge is 0.127 e. The highest BCUT2D eigenvalue weighted by molar-refractivity contribution is 6.52. The summed E-state index contributed by atoms with van der Waals surface area (Å²) >= 11 is 23.0. The average molecular weight is 232 g/mol. The SMILES string of the molecule is ClC1=C(Cl)C2OC2C(Cl)=C1Cl. The van der Waals surface area contributed by atoms with Gasteiger partial charge in [-0.15, -0.1) is 0 Å². The van der Waals surface area contributed by atoms with E-state index in [0.717, 1.165) is 0 Å². The van der Waals surface area contributed by atoms with Crippen molar-refractivity contribution in [2.24, 2.45) is 0 Å². The van der Waals surface area contributed by atoms with Crippen molar-refractivity contribution in [2.45, 2.75) is 12.2 Å². The largest absolute Gasteiger partial charge is 0.357 e. The fourth-order valence-corrected chi connectivity index (χ4v) is 1.99. The minimum Gasteiger partial charge on any atom is -0.357 e. The Bertz CT molecular complexity index is 252. The minimum absolute atomic E-state index is 0.154. The van der Waals surface area contributed by atoms with Crippen molar-refractivity contribution in [2.75, 3.05) is 0 Å². The predicted molar refractivity (Wildman–Crippen MR) is 46.1 cm³/mol. The van der Waals surface area contributed by atoms with Gasteiger partial charge in [-0.1, -0.05) is 46.4 Å². The fraction of sp³-hybridized carbons (Fsp3) is 0.333. The molecule has 1 fully saturated rings. The molecule has 2 unspecified atom stereocenters. The molecule has 1 aliphatic carbocycles. The van der Waals surface area contributed by atoms with Crippen LogP contribution < -0.4 is 0 Å². The first kappa shape index (κ1) is 8.21. The third kappa shape index (κ3) is 1.11. The molecule has 1 nitrogen and oxygen atoms in total. The van der Waals surface area contributed by atoms with Gasteiger partial charge in [-0.3, -0.25) is 0 Å². The first-order chi connectivity index (χ1) is 5.13. The van der Waals surface area contributed by atoms with E-state index in [1.54, 1.807) is 0 Å². The Morgan fingerprint density at radius 1 is 0.818 bits per heavy atom. The highest BCUT2D eigenvalue weighted by atomic mass is 35.5. The molecule has 60 valence electrons. The number of halogens is 4. The van der Waals surface area contributed by atoms with Gasteiger partial charge in [0.05, 0.1) is 20.1 Å². The number of allylic oxidation sites excluding steroid dienone is 2. The quantitative estimate of drug-likeness (QED) is 0.584. The maximum atomic E-state index is 5.76. The Balaban J connectivity index is 2.49. The second kappa shape index (κ2) is 2.54. The van der Waals surface area contributed by atoms with Gasteiger partial charge in [0.1, 0.15) is 12.2 Å². The Labute approximate surface area is 83.5 Å². The molecule has 0 saturated carbocycles. The van der Waals surface area contributed by atoms with E-state index >= 15 is 0 Å². The first-order valence-corrected chi connectivity index (χ1v) is 4.40. The van der Waals surface area contributed by atoms with E-state index in [1.165, 1.54) is 0 Å². The van der Waals surface area contributed by atoms with Crippen LogP contribution >= 0.6 is 46.4 Å². The summed E-state index contributed by atoms with van der Waals surface area (Å²) in [6, 6.07) is 0. The van der Waals surface area contributed by atoms with Crippen LogP contribution in [0.5, 0.6) is 0 Å². The van der Waals surface area contributed by atoms with Crippen LogP contribution in [0, 0.1) is 0 Å². The van der Waals surface area contributed by atoms with E-state index in [-0.39, 0.29) is 12.2 Å². The van der Waals surface area contributed by atoms with Crippen LogP contribution in [0.4, 0.5) is 0 Å². The van der Waals surface area contributed by atoms with Gasteiger partial charge in [0.2, 0.25) is 0 Å². The number of epoxide rings is 1. The highest BCUT2D eigenvalue weighted by Gasteiger charge is 2.49. The topological polar surface area (TPSA) is 12.5 Å². The van der Waals surface area contributed by atoms with Gasteiger partial charge in [-0.05, 0) is 0 Å². The van der Waals surface area contributed by atoms with E-state index in [2.05, 4.69) is 0 Å². The van der Waals surface area contributed by atoms with E-state index in [9.17, 15) is 0 Å². The van der Waals surface area contributed by atoms with Crippen LogP contribution in [0.15, 0.2) is 20.1 Å². The second-order valence-corrected chi connectivity index (χ2v) is 3.87. The third-order valence-electron chi connectivity index (χ3n) is 1.60. The van der Waals surface area contributed by atoms with Crippen molar-refractivity contribution in [1.82, 2.24) is 0 Å². The molecule has 11 heavy (non-hydrogen) atoms. The maximum absolute atomic E-state index is 5.76. The molecule has 0 bridgehead atoms. The van der Waals surface area contributed by atoms with Gasteiger partial charge in [-0.2, -0.15) is 0 Å². The van der Waals surface area contributed by atoms with Crippen LogP contribution in [0.25, 0.3) is 0 Å². The van der Waals surface area contributed by atoms with Crippen molar-refractivity contribution in [3.8, 4) is 0 Å². The number of hydrogen-bond donors (Lipinski definition) is 0. The zero-order chi connectivity index (χ0) is 8.17. The lowest BCUT2D eigenvalue weighted by molar-refractivity contribution is 0.410. The molecule has 5 heteroatoms. The molecule has 0 aromatic heterocycles. The third-order valence-corrected chi connectivity index (χ3v) is 3.49. The van der Waals surface area contributed by atoms with Crippen LogP contribution in [0.1, 0.15) is 0 Å². The normalized spacial score (nSPS) is 36.0. The lowest BCUT2D eigenvalue weighted by atomic mass is 10.2. The molecule has 1 aliphatic heterocycles. The Morgan fingerprint density at radius 2 is 1.18 bits per heavy atom. The Kier molecular flexibility index (Phi) is 1.90. The average Bonchev–Trinajstić information content (AvgIpc) is 2.76. The van der Waals surface area contributed by atoms with Gasteiger partial charge in [0, 0.05) is 0 Å². The van der Waals surface area contributed by atoms with Gasteiger partial charge in [0.25, 0.3) is 0 Å². The zero-order valence-electron chi connectivity index (χ0n) is 5.07. The molecule has 0 radical (unpaired) electrons. The van der Waals surface area contributed by atoms with E-state index in [1.807, 2.05) is 0 Å². The standard InChI is InChI=1S/C6H2Cl4O/c7-1-2(8)4(10)6-5(11-6)3(1)9/h5-6H. The molecule has 2 aliphatic rings. The molecule has 2 rings (SSSR count). The number of fused-ring (bicyclic) bond motifs is 1. The Morgan fingerprint density at radius 3 is 1.55 bits per heavy atom. The summed E-state index contributed by atoms with van der Waals surface area (Å²) in [5.74, 6) is 0. The monoisotopic (exact) mass is 230 g/mol. The number of rotatable bonds is 0. The molecule has 0 aromatic rings. The summed E-state index contributed by atoms with van der Waals surface area (Å²) in [6.07, 6.45) is -0.307. The molecule has 1 heterocycles. The molecule has 2 atom stereocenters. The zero-order valence-corrected chi connectivity index (χ0v) is 8.10. The van der Waals surface area contributed by atoms with Crippen LogP contribution in [-0.2, 0) is 4.74 Å². The van der Waals surface area contributed by atoms with Crippen molar-refractivity contribution >= 4 is 46.4 Å². The van der Waals surface area contributed by atoms with Crippen LogP contribution in [-0.4, -0.2) is 12.2 Å². The van der Waals surface area contributed by atoms with Crippen molar-refractivity contribution in [3.05, 3.63) is 20.1 Å². The summed E-state index contributed by atoms with van der Waals surface area (Å²) < 4.78 is 5.09. The Hall–Kier alpha value is 0.600. The molecular weight excluding hydrogens is 230 g/mol. The fourth-order valence-electron chi connectivity index (χ4n) is 0.957. The molecular formula is C6H2Cl4O. The van der Waals surface area contributed by atoms with Crippen LogP contribution in [0.2, 0.25) is 0 Å².